The van der Waals surface area contributed by atoms with Crippen molar-refractivity contribution in [1.29, 1.82) is 0 Å². The molecular weight excluding hydrogens is 330 g/mol. The predicted molar refractivity (Wildman–Crippen MR) is 91.5 cm³/mol. The van der Waals surface area contributed by atoms with E-state index >= 15 is 0 Å². The minimum absolute atomic E-state index is 0.0119. The second-order valence-corrected chi connectivity index (χ2v) is 6.45. The van der Waals surface area contributed by atoms with E-state index in [0.717, 1.165) is 5.41 Å². The van der Waals surface area contributed by atoms with E-state index < -0.39 is 21.8 Å². The molecule has 0 saturated carbocycles. The Labute approximate surface area is 139 Å². The van der Waals surface area contributed by atoms with Gasteiger partial charge in [-0.05, 0) is 29.8 Å². The van der Waals surface area contributed by atoms with E-state index in [1.807, 2.05) is 6.07 Å². The summed E-state index contributed by atoms with van der Waals surface area (Å²) in [5, 5.41) is 0.975. The van der Waals surface area contributed by atoms with Crippen LogP contribution in [-0.2, 0) is 10.0 Å². The van der Waals surface area contributed by atoms with E-state index in [2.05, 4.69) is 4.72 Å². The molecule has 24 heavy (non-hydrogen) atoms. The maximum Gasteiger partial charge on any atom is 0.255 e. The topological polar surface area (TPSA) is 132 Å². The van der Waals surface area contributed by atoms with Crippen LogP contribution in [0.2, 0.25) is 0 Å². The van der Waals surface area contributed by atoms with Gasteiger partial charge in [-0.2, -0.15) is 0 Å². The van der Waals surface area contributed by atoms with Crippen LogP contribution in [0.15, 0.2) is 53.9 Å². The zero-order valence-corrected chi connectivity index (χ0v) is 13.3. The summed E-state index contributed by atoms with van der Waals surface area (Å²) < 4.78 is 26.5. The fourth-order valence-corrected chi connectivity index (χ4v) is 2.75. The molecule has 0 bridgehead atoms. The molecule has 2 aromatic rings. The molecule has 0 aliphatic carbocycles. The highest BCUT2D eigenvalue weighted by molar-refractivity contribution is 7.95. The summed E-state index contributed by atoms with van der Waals surface area (Å²) in [6, 6.07) is 12.5. The molecule has 2 rings (SSSR count). The van der Waals surface area contributed by atoms with E-state index in [9.17, 15) is 18.0 Å². The van der Waals surface area contributed by atoms with Gasteiger partial charge in [-0.25, -0.2) is 8.42 Å². The maximum atomic E-state index is 12.1. The number of hydrogen-bond acceptors (Lipinski definition) is 4. The van der Waals surface area contributed by atoms with Crippen molar-refractivity contribution in [2.45, 2.75) is 0 Å². The Morgan fingerprint density at radius 3 is 1.96 bits per heavy atom. The van der Waals surface area contributed by atoms with E-state index in [4.69, 9.17) is 11.5 Å². The van der Waals surface area contributed by atoms with Crippen LogP contribution in [0.1, 0.15) is 26.3 Å². The third kappa shape index (κ3) is 4.68. The number of amides is 2. The summed E-state index contributed by atoms with van der Waals surface area (Å²) in [6.07, 6.45) is 1.41. The van der Waals surface area contributed by atoms with Crippen molar-refractivity contribution >= 4 is 33.6 Å². The van der Waals surface area contributed by atoms with E-state index in [0.29, 0.717) is 5.56 Å². The van der Waals surface area contributed by atoms with Gasteiger partial charge in [0.1, 0.15) is 0 Å². The number of benzene rings is 2. The summed E-state index contributed by atoms with van der Waals surface area (Å²) in [5.74, 6) is -1.61. The normalized spacial score (nSPS) is 11.3. The third-order valence-electron chi connectivity index (χ3n) is 3.00. The Balaban J connectivity index is 2.30. The highest BCUT2D eigenvalue weighted by atomic mass is 32.2. The first kappa shape index (κ1) is 17.2. The van der Waals surface area contributed by atoms with Gasteiger partial charge in [-0.15, -0.1) is 0 Å². The standard InChI is InChI=1S/C16H15N3O4S/c17-15(20)12-8-13(16(18)21)10-14(9-12)19-24(22,23)7-6-11-4-2-1-3-5-11/h1-10,19H,(H2,17,20)(H2,18,21). The second-order valence-electron chi connectivity index (χ2n) is 4.89. The lowest BCUT2D eigenvalue weighted by molar-refractivity contribution is 0.0999. The van der Waals surface area contributed by atoms with Crippen LogP contribution in [0.3, 0.4) is 0 Å². The molecule has 0 spiro atoms. The number of carbonyl (C=O) groups excluding carboxylic acids is 2. The van der Waals surface area contributed by atoms with Crippen molar-refractivity contribution in [2.24, 2.45) is 11.5 Å². The summed E-state index contributed by atoms with van der Waals surface area (Å²) in [6.45, 7) is 0. The first-order valence-electron chi connectivity index (χ1n) is 6.77. The minimum Gasteiger partial charge on any atom is -0.366 e. The lowest BCUT2D eigenvalue weighted by Gasteiger charge is -2.08. The summed E-state index contributed by atoms with van der Waals surface area (Å²) in [7, 11) is -3.85. The Kier molecular flexibility index (Phi) is 5.00. The first-order chi connectivity index (χ1) is 11.3. The number of primary amides is 2. The Bertz CT molecular complexity index is 874. The molecule has 8 heteroatoms. The average molecular weight is 345 g/mol. The number of anilines is 1. The van der Waals surface area contributed by atoms with Gasteiger partial charge in [-0.3, -0.25) is 14.3 Å². The zero-order valence-electron chi connectivity index (χ0n) is 12.5. The van der Waals surface area contributed by atoms with Gasteiger partial charge in [0.25, 0.3) is 10.0 Å². The van der Waals surface area contributed by atoms with Crippen LogP contribution in [-0.4, -0.2) is 20.2 Å². The number of carbonyl (C=O) groups is 2. The zero-order chi connectivity index (χ0) is 17.7. The maximum absolute atomic E-state index is 12.1. The molecule has 7 nitrogen and oxygen atoms in total. The van der Waals surface area contributed by atoms with Gasteiger partial charge in [-0.1, -0.05) is 30.3 Å². The summed E-state index contributed by atoms with van der Waals surface area (Å²) >= 11 is 0. The molecule has 2 amide bonds. The fraction of sp³-hybridized carbons (Fsp3) is 0. The molecule has 0 aromatic heterocycles. The molecule has 0 saturated heterocycles. The lowest BCUT2D eigenvalue weighted by Crippen LogP contribution is -2.17. The van der Waals surface area contributed by atoms with Gasteiger partial charge >= 0.3 is 0 Å². The molecule has 124 valence electrons. The van der Waals surface area contributed by atoms with Gasteiger partial charge < -0.3 is 11.5 Å². The SMILES string of the molecule is NC(=O)c1cc(NS(=O)(=O)C=Cc2ccccc2)cc(C(N)=O)c1. The van der Waals surface area contributed by atoms with Crippen molar-refractivity contribution in [3.05, 3.63) is 70.6 Å². The van der Waals surface area contributed by atoms with E-state index in [1.54, 1.807) is 24.3 Å². The van der Waals surface area contributed by atoms with Crippen LogP contribution in [0.4, 0.5) is 5.69 Å². The van der Waals surface area contributed by atoms with Crippen molar-refractivity contribution < 1.29 is 18.0 Å². The van der Waals surface area contributed by atoms with Crippen LogP contribution in [0, 0.1) is 0 Å². The quantitative estimate of drug-likeness (QED) is 0.727. The minimum atomic E-state index is -3.85. The van der Waals surface area contributed by atoms with Crippen LogP contribution < -0.4 is 16.2 Å². The molecule has 0 radical (unpaired) electrons. The summed E-state index contributed by atoms with van der Waals surface area (Å²) in [5.41, 5.74) is 11.0. The molecule has 0 aliphatic rings. The van der Waals surface area contributed by atoms with Gasteiger partial charge in [0, 0.05) is 11.1 Å². The number of rotatable bonds is 6. The Morgan fingerprint density at radius 2 is 1.46 bits per heavy atom. The highest BCUT2D eigenvalue weighted by Gasteiger charge is 2.12. The summed E-state index contributed by atoms with van der Waals surface area (Å²) in [4.78, 5) is 22.6. The molecule has 2 aromatic carbocycles. The number of nitrogens with one attached hydrogen (secondary N) is 1. The molecule has 0 fully saturated rings. The van der Waals surface area contributed by atoms with Gasteiger partial charge in [0.05, 0.1) is 11.1 Å². The Morgan fingerprint density at radius 1 is 0.917 bits per heavy atom. The predicted octanol–water partition coefficient (Wildman–Crippen LogP) is 1.30. The fourth-order valence-electron chi connectivity index (χ4n) is 1.90. The molecule has 5 N–H and O–H groups in total. The highest BCUT2D eigenvalue weighted by Crippen LogP contribution is 2.17. The number of nitrogens with two attached hydrogens (primary N) is 2. The second kappa shape index (κ2) is 6.97. The largest absolute Gasteiger partial charge is 0.366 e. The van der Waals surface area contributed by atoms with Crippen LogP contribution in [0.5, 0.6) is 0 Å². The van der Waals surface area contributed by atoms with Crippen molar-refractivity contribution in [2.75, 3.05) is 4.72 Å². The molecule has 0 aliphatic heterocycles. The van der Waals surface area contributed by atoms with E-state index in [1.165, 1.54) is 24.3 Å². The van der Waals surface area contributed by atoms with E-state index in [-0.39, 0.29) is 16.8 Å². The molecule has 0 atom stereocenters. The first-order valence-corrected chi connectivity index (χ1v) is 8.32. The molecule has 0 heterocycles. The van der Waals surface area contributed by atoms with Crippen molar-refractivity contribution in [3.8, 4) is 0 Å². The van der Waals surface area contributed by atoms with Crippen LogP contribution >= 0.6 is 0 Å². The van der Waals surface area contributed by atoms with Gasteiger partial charge in [0.2, 0.25) is 11.8 Å². The van der Waals surface area contributed by atoms with Crippen molar-refractivity contribution in [3.63, 3.8) is 0 Å². The Hall–Kier alpha value is -3.13. The smallest absolute Gasteiger partial charge is 0.255 e. The van der Waals surface area contributed by atoms with Crippen LogP contribution in [0.25, 0.3) is 6.08 Å². The van der Waals surface area contributed by atoms with Crippen molar-refractivity contribution in [1.82, 2.24) is 0 Å². The number of sulfonamides is 1. The molecule has 0 unspecified atom stereocenters. The van der Waals surface area contributed by atoms with Gasteiger partial charge in [0.15, 0.2) is 0 Å². The monoisotopic (exact) mass is 345 g/mol. The number of hydrogen-bond donors (Lipinski definition) is 3. The third-order valence-corrected chi connectivity index (χ3v) is 4.02. The molecular formula is C16H15N3O4S. The average Bonchev–Trinajstić information content (AvgIpc) is 2.53. The lowest BCUT2D eigenvalue weighted by atomic mass is 10.1.